The van der Waals surface area contributed by atoms with Gasteiger partial charge >= 0.3 is 26.2 Å². The fourth-order valence-electron chi connectivity index (χ4n) is 2.07. The van der Waals surface area contributed by atoms with E-state index in [0.29, 0.717) is 39.3 Å². The maximum atomic E-state index is 11.2. The van der Waals surface area contributed by atoms with Gasteiger partial charge in [-0.2, -0.15) is 0 Å². The molecule has 3 atom stereocenters. The number of nitrogens with zero attached hydrogens (tertiary/aromatic N) is 2. The topological polar surface area (TPSA) is 93.1 Å². The second-order valence-corrected chi connectivity index (χ2v) is 5.27. The van der Waals surface area contributed by atoms with Crippen molar-refractivity contribution in [3.8, 4) is 0 Å². The summed E-state index contributed by atoms with van der Waals surface area (Å²) in [5.74, 6) is 0. The molecule has 0 heterocycles. The average molecular weight is 368 g/mol. The Morgan fingerprint density at radius 1 is 0.850 bits per heavy atom. The third kappa shape index (κ3) is 13.6. The van der Waals surface area contributed by atoms with E-state index in [-0.39, 0.29) is 32.8 Å². The molecule has 0 aliphatic heterocycles. The van der Waals surface area contributed by atoms with Gasteiger partial charge in [0.25, 0.3) is 0 Å². The van der Waals surface area contributed by atoms with Gasteiger partial charge in [0.1, 0.15) is 0 Å². The summed E-state index contributed by atoms with van der Waals surface area (Å²) in [6.07, 6.45) is -1.65. The number of aliphatic hydroxyl groups is 2. The molecule has 6 nitrogen and oxygen atoms in total. The Hall–Kier alpha value is 0.643. The Morgan fingerprint density at radius 2 is 1.30 bits per heavy atom. The van der Waals surface area contributed by atoms with E-state index >= 15 is 0 Å². The second kappa shape index (κ2) is 13.3. The van der Waals surface area contributed by atoms with E-state index in [9.17, 15) is 20.4 Å². The van der Waals surface area contributed by atoms with Gasteiger partial charge in [0.2, 0.25) is 0 Å². The molecule has 0 aromatic rings. The van der Waals surface area contributed by atoms with Crippen LogP contribution < -0.4 is 10.2 Å². The molecule has 0 radical (unpaired) electrons. The molecule has 2 N–H and O–H groups in total. The molecule has 0 aromatic heterocycles. The molecule has 7 heteroatoms. The Bertz CT molecular complexity index is 209. The van der Waals surface area contributed by atoms with Gasteiger partial charge in [0, 0.05) is 26.2 Å². The molecule has 0 bridgehead atoms. The van der Waals surface area contributed by atoms with E-state index in [2.05, 4.69) is 0 Å². The molecule has 0 fully saturated rings. The zero-order valence-corrected chi connectivity index (χ0v) is 15.2. The Labute approximate surface area is 141 Å². The molecule has 118 valence electrons. The average Bonchev–Trinajstić information content (AvgIpc) is 2.23. The molecule has 0 saturated carbocycles. The van der Waals surface area contributed by atoms with E-state index in [1.54, 1.807) is 20.8 Å². The second-order valence-electron chi connectivity index (χ2n) is 5.27. The first-order valence-corrected chi connectivity index (χ1v) is 6.89. The monoisotopic (exact) mass is 366 g/mol. The van der Waals surface area contributed by atoms with Crippen molar-refractivity contribution in [3.05, 3.63) is 0 Å². The van der Waals surface area contributed by atoms with Crippen LogP contribution in [-0.2, 0) is 26.2 Å². The predicted molar refractivity (Wildman–Crippen MR) is 70.6 cm³/mol. The van der Waals surface area contributed by atoms with Gasteiger partial charge in [-0.05, 0) is 26.9 Å². The molecule has 0 aromatic carbocycles. The Balaban J connectivity index is 0. The summed E-state index contributed by atoms with van der Waals surface area (Å²) in [5.41, 5.74) is 0. The Kier molecular flexibility index (Phi) is 15.3. The van der Waals surface area contributed by atoms with Gasteiger partial charge in [-0.1, -0.05) is 6.92 Å². The molecular weight excluding hydrogens is 339 g/mol. The van der Waals surface area contributed by atoms with Gasteiger partial charge in [0.15, 0.2) is 0 Å². The van der Waals surface area contributed by atoms with Crippen LogP contribution in [0, 0.1) is 0 Å². The van der Waals surface area contributed by atoms with E-state index in [1.165, 1.54) is 0 Å². The molecule has 0 spiro atoms. The molecule has 0 aliphatic carbocycles. The van der Waals surface area contributed by atoms with Gasteiger partial charge in [0.05, 0.1) is 12.2 Å². The van der Waals surface area contributed by atoms with Gasteiger partial charge in [-0.3, -0.25) is 4.90 Å². The minimum Gasteiger partial charge on any atom is -0.854 e. The fraction of sp³-hybridized carbons (Fsp3) is 1.00. The van der Waals surface area contributed by atoms with E-state index in [0.717, 1.165) is 0 Å². The first-order chi connectivity index (χ1) is 8.85. The zero-order chi connectivity index (χ0) is 14.8. The zero-order valence-electron chi connectivity index (χ0n) is 12.8. The maximum absolute atomic E-state index is 11.2. The minimum absolute atomic E-state index is 0. The van der Waals surface area contributed by atoms with Crippen LogP contribution >= 0.6 is 0 Å². The van der Waals surface area contributed by atoms with Crippen LogP contribution in [0.5, 0.6) is 0 Å². The van der Waals surface area contributed by atoms with Crippen LogP contribution in [0.15, 0.2) is 0 Å². The van der Waals surface area contributed by atoms with Crippen LogP contribution in [0.4, 0.5) is 0 Å². The molecule has 3 unspecified atom stereocenters. The van der Waals surface area contributed by atoms with E-state index in [4.69, 9.17) is 0 Å². The van der Waals surface area contributed by atoms with Crippen LogP contribution in [0.3, 0.4) is 0 Å². The van der Waals surface area contributed by atoms with Crippen molar-refractivity contribution in [1.82, 2.24) is 9.80 Å². The van der Waals surface area contributed by atoms with Crippen LogP contribution in [-0.4, -0.2) is 84.2 Å². The van der Waals surface area contributed by atoms with Crippen LogP contribution in [0.2, 0.25) is 0 Å². The first-order valence-electron chi connectivity index (χ1n) is 6.89. The Morgan fingerprint density at radius 3 is 1.65 bits per heavy atom. The summed E-state index contributed by atoms with van der Waals surface area (Å²) < 4.78 is 0. The van der Waals surface area contributed by atoms with Crippen molar-refractivity contribution in [2.24, 2.45) is 0 Å². The van der Waals surface area contributed by atoms with Crippen LogP contribution in [0.25, 0.3) is 0 Å². The van der Waals surface area contributed by atoms with Crippen molar-refractivity contribution in [1.29, 1.82) is 0 Å². The van der Waals surface area contributed by atoms with Crippen molar-refractivity contribution in [2.75, 3.05) is 45.9 Å². The smallest absolute Gasteiger partial charge is 0.854 e. The van der Waals surface area contributed by atoms with Crippen molar-refractivity contribution in [2.45, 2.75) is 39.1 Å². The summed E-state index contributed by atoms with van der Waals surface area (Å²) >= 11 is 0. The van der Waals surface area contributed by atoms with Gasteiger partial charge < -0.3 is 25.3 Å². The molecule has 0 rings (SSSR count). The van der Waals surface area contributed by atoms with Crippen molar-refractivity contribution < 1.29 is 46.6 Å². The van der Waals surface area contributed by atoms with Crippen LogP contribution in [0.1, 0.15) is 20.8 Å². The summed E-state index contributed by atoms with van der Waals surface area (Å²) in [6, 6.07) is 0. The van der Waals surface area contributed by atoms with Gasteiger partial charge in [-0.15, -0.1) is 12.7 Å². The molecular formula is C13H28N2O4Zr. The minimum atomic E-state index is -0.714. The normalized spacial score (nSPS) is 16.1. The standard InChI is InChI=1S/C13H28N2O4.Zr/c1-11(17)8-14(6-7-16)4-5-15(9-12(2)18)10-13(3)19;/h11-13,18-19H,4-10H2,1-3H3;/q-2;+2. The largest absolute Gasteiger partial charge is 2.00 e. The van der Waals surface area contributed by atoms with E-state index < -0.39 is 18.3 Å². The third-order valence-electron chi connectivity index (χ3n) is 2.70. The van der Waals surface area contributed by atoms with E-state index in [1.807, 2.05) is 9.80 Å². The molecule has 20 heavy (non-hydrogen) atoms. The van der Waals surface area contributed by atoms with Crippen molar-refractivity contribution >= 4 is 0 Å². The maximum Gasteiger partial charge on any atom is 2.00 e. The quantitative estimate of drug-likeness (QED) is 0.418. The number of hydrogen-bond donors (Lipinski definition) is 2. The molecule has 0 amide bonds. The summed E-state index contributed by atoms with van der Waals surface area (Å²) in [7, 11) is 0. The number of aliphatic hydroxyl groups excluding tert-OH is 2. The number of rotatable bonds is 11. The van der Waals surface area contributed by atoms with Crippen molar-refractivity contribution in [3.63, 3.8) is 0 Å². The summed E-state index contributed by atoms with van der Waals surface area (Å²) in [4.78, 5) is 3.80. The molecule has 0 aliphatic rings. The number of hydrogen-bond acceptors (Lipinski definition) is 6. The third-order valence-corrected chi connectivity index (χ3v) is 2.70. The first kappa shape index (κ1) is 22.9. The predicted octanol–water partition coefficient (Wildman–Crippen LogP) is -2.54. The molecule has 0 saturated heterocycles. The van der Waals surface area contributed by atoms with Gasteiger partial charge in [-0.25, -0.2) is 0 Å². The summed E-state index contributed by atoms with van der Waals surface area (Å²) in [5, 5.41) is 40.7. The summed E-state index contributed by atoms with van der Waals surface area (Å²) in [6.45, 7) is 7.67. The fourth-order valence-corrected chi connectivity index (χ4v) is 2.07. The SMILES string of the molecule is CC([O-])CN(CC[O-])CCN(CC(C)O)CC(C)O.[Zr+2].